The van der Waals surface area contributed by atoms with Crippen molar-refractivity contribution in [3.05, 3.63) is 34.3 Å². The van der Waals surface area contributed by atoms with Gasteiger partial charge in [-0.3, -0.25) is 4.98 Å². The highest BCUT2D eigenvalue weighted by Gasteiger charge is 1.99. The van der Waals surface area contributed by atoms with Gasteiger partial charge >= 0.3 is 5.76 Å². The fourth-order valence-corrected chi connectivity index (χ4v) is 1.12. The minimum Gasteiger partial charge on any atom is -0.408 e. The van der Waals surface area contributed by atoms with Gasteiger partial charge in [-0.2, -0.15) is 0 Å². The molecule has 2 rings (SSSR count). The summed E-state index contributed by atoms with van der Waals surface area (Å²) in [6.07, 6.45) is 0. The lowest BCUT2D eigenvalue weighted by Gasteiger charge is -1.92. The zero-order valence-electron chi connectivity index (χ0n) is 6.74. The minimum atomic E-state index is -0.431. The van der Waals surface area contributed by atoms with E-state index >= 15 is 0 Å². The SMILES string of the molecule is Cl.NCc1ccc2[nH]c(=O)oc2c1. The number of H-pyrrole nitrogens is 1. The summed E-state index contributed by atoms with van der Waals surface area (Å²) in [4.78, 5) is 13.3. The number of hydrogen-bond donors (Lipinski definition) is 2. The number of hydrogen-bond acceptors (Lipinski definition) is 3. The predicted molar refractivity (Wildman–Crippen MR) is 52.0 cm³/mol. The fraction of sp³-hybridized carbons (Fsp3) is 0.125. The molecule has 70 valence electrons. The van der Waals surface area contributed by atoms with Crippen molar-refractivity contribution in [2.75, 3.05) is 0 Å². The van der Waals surface area contributed by atoms with Crippen LogP contribution in [-0.2, 0) is 6.54 Å². The second kappa shape index (κ2) is 3.64. The van der Waals surface area contributed by atoms with Gasteiger partial charge in [0.25, 0.3) is 0 Å². The monoisotopic (exact) mass is 200 g/mol. The fourth-order valence-electron chi connectivity index (χ4n) is 1.12. The maximum Gasteiger partial charge on any atom is 0.417 e. The predicted octanol–water partition coefficient (Wildman–Crippen LogP) is 1.00. The van der Waals surface area contributed by atoms with Crippen molar-refractivity contribution in [3.8, 4) is 0 Å². The van der Waals surface area contributed by atoms with Crippen molar-refractivity contribution >= 4 is 23.5 Å². The molecule has 0 bridgehead atoms. The Kier molecular flexibility index (Phi) is 2.75. The van der Waals surface area contributed by atoms with Gasteiger partial charge in [0, 0.05) is 6.54 Å². The first-order valence-corrected chi connectivity index (χ1v) is 3.61. The van der Waals surface area contributed by atoms with E-state index in [-0.39, 0.29) is 12.4 Å². The smallest absolute Gasteiger partial charge is 0.408 e. The molecule has 4 nitrogen and oxygen atoms in total. The molecular weight excluding hydrogens is 192 g/mol. The van der Waals surface area contributed by atoms with Crippen LogP contribution in [0, 0.1) is 0 Å². The Morgan fingerprint density at radius 2 is 2.23 bits per heavy atom. The quantitative estimate of drug-likeness (QED) is 0.722. The highest BCUT2D eigenvalue weighted by Crippen LogP contribution is 2.11. The molecule has 1 aromatic carbocycles. The van der Waals surface area contributed by atoms with Crippen LogP contribution in [0.1, 0.15) is 5.56 Å². The summed E-state index contributed by atoms with van der Waals surface area (Å²) < 4.78 is 4.84. The number of nitrogens with two attached hydrogens (primary N) is 1. The van der Waals surface area contributed by atoms with E-state index in [4.69, 9.17) is 10.2 Å². The second-order valence-electron chi connectivity index (χ2n) is 2.55. The number of oxazole rings is 1. The molecule has 0 radical (unpaired) electrons. The molecule has 13 heavy (non-hydrogen) atoms. The molecule has 0 saturated carbocycles. The number of benzene rings is 1. The third-order valence-corrected chi connectivity index (χ3v) is 1.72. The Morgan fingerprint density at radius 1 is 1.46 bits per heavy atom. The molecule has 0 aliphatic carbocycles. The van der Waals surface area contributed by atoms with Gasteiger partial charge in [-0.25, -0.2) is 4.79 Å². The average molecular weight is 201 g/mol. The van der Waals surface area contributed by atoms with E-state index < -0.39 is 5.76 Å². The van der Waals surface area contributed by atoms with E-state index in [1.54, 1.807) is 12.1 Å². The van der Waals surface area contributed by atoms with E-state index in [9.17, 15) is 4.79 Å². The van der Waals surface area contributed by atoms with Gasteiger partial charge in [-0.1, -0.05) is 6.07 Å². The van der Waals surface area contributed by atoms with Crippen LogP contribution in [0.5, 0.6) is 0 Å². The number of rotatable bonds is 1. The lowest BCUT2D eigenvalue weighted by atomic mass is 10.2. The maximum absolute atomic E-state index is 10.7. The Morgan fingerprint density at radius 3 is 2.92 bits per heavy atom. The van der Waals surface area contributed by atoms with E-state index in [1.165, 1.54) is 0 Å². The number of halogens is 1. The van der Waals surface area contributed by atoms with Crippen LogP contribution in [0.25, 0.3) is 11.1 Å². The van der Waals surface area contributed by atoms with Gasteiger partial charge in [-0.05, 0) is 17.7 Å². The Bertz CT molecular complexity index is 460. The van der Waals surface area contributed by atoms with Crippen LogP contribution in [-0.4, -0.2) is 4.98 Å². The molecule has 1 heterocycles. The van der Waals surface area contributed by atoms with Crippen molar-refractivity contribution < 1.29 is 4.42 Å². The third-order valence-electron chi connectivity index (χ3n) is 1.72. The normalized spacial score (nSPS) is 9.92. The van der Waals surface area contributed by atoms with Crippen molar-refractivity contribution in [2.45, 2.75) is 6.54 Å². The highest BCUT2D eigenvalue weighted by molar-refractivity contribution is 5.85. The lowest BCUT2D eigenvalue weighted by Crippen LogP contribution is -1.94. The van der Waals surface area contributed by atoms with Crippen LogP contribution >= 0.6 is 12.4 Å². The van der Waals surface area contributed by atoms with Gasteiger partial charge in [0.15, 0.2) is 5.58 Å². The van der Waals surface area contributed by atoms with Crippen LogP contribution in [0.2, 0.25) is 0 Å². The van der Waals surface area contributed by atoms with Crippen LogP contribution in [0.15, 0.2) is 27.4 Å². The Balaban J connectivity index is 0.000000845. The standard InChI is InChI=1S/C8H8N2O2.ClH/c9-4-5-1-2-6-7(3-5)12-8(11)10-6;/h1-3H,4,9H2,(H,10,11);1H. The summed E-state index contributed by atoms with van der Waals surface area (Å²) in [6.45, 7) is 0.449. The van der Waals surface area contributed by atoms with E-state index in [0.29, 0.717) is 17.6 Å². The van der Waals surface area contributed by atoms with Gasteiger partial charge in [0.2, 0.25) is 0 Å². The summed E-state index contributed by atoms with van der Waals surface area (Å²) in [5, 5.41) is 0. The number of nitrogens with one attached hydrogen (secondary N) is 1. The molecule has 0 atom stereocenters. The molecular formula is C8H9ClN2O2. The summed E-state index contributed by atoms with van der Waals surface area (Å²) in [5.41, 5.74) is 7.63. The summed E-state index contributed by atoms with van der Waals surface area (Å²) in [5.74, 6) is -0.431. The van der Waals surface area contributed by atoms with Gasteiger partial charge in [0.1, 0.15) is 0 Å². The number of aromatic amines is 1. The molecule has 0 spiro atoms. The molecule has 0 unspecified atom stereocenters. The molecule has 5 heteroatoms. The molecule has 3 N–H and O–H groups in total. The molecule has 1 aromatic heterocycles. The van der Waals surface area contributed by atoms with Crippen LogP contribution in [0.3, 0.4) is 0 Å². The van der Waals surface area contributed by atoms with Crippen LogP contribution in [0.4, 0.5) is 0 Å². The zero-order chi connectivity index (χ0) is 8.55. The van der Waals surface area contributed by atoms with Gasteiger partial charge in [0.05, 0.1) is 5.52 Å². The Labute approximate surface area is 80.1 Å². The first kappa shape index (κ1) is 9.83. The number of aromatic nitrogens is 1. The first-order chi connectivity index (χ1) is 5.79. The Hall–Kier alpha value is -1.26. The topological polar surface area (TPSA) is 72.0 Å². The maximum atomic E-state index is 10.7. The minimum absolute atomic E-state index is 0. The molecule has 0 amide bonds. The molecule has 2 aromatic rings. The third kappa shape index (κ3) is 1.74. The van der Waals surface area contributed by atoms with Crippen molar-refractivity contribution in [1.82, 2.24) is 4.98 Å². The summed E-state index contributed by atoms with van der Waals surface area (Å²) >= 11 is 0. The zero-order valence-corrected chi connectivity index (χ0v) is 7.56. The van der Waals surface area contributed by atoms with E-state index in [2.05, 4.69) is 4.98 Å². The molecule has 0 aliphatic rings. The van der Waals surface area contributed by atoms with Crippen molar-refractivity contribution in [2.24, 2.45) is 5.73 Å². The number of fused-ring (bicyclic) bond motifs is 1. The molecule has 0 fully saturated rings. The first-order valence-electron chi connectivity index (χ1n) is 3.61. The van der Waals surface area contributed by atoms with Crippen molar-refractivity contribution in [3.63, 3.8) is 0 Å². The molecule has 0 saturated heterocycles. The largest absolute Gasteiger partial charge is 0.417 e. The highest BCUT2D eigenvalue weighted by atomic mass is 35.5. The van der Waals surface area contributed by atoms with Gasteiger partial charge in [-0.15, -0.1) is 12.4 Å². The van der Waals surface area contributed by atoms with E-state index in [1.807, 2.05) is 6.07 Å². The van der Waals surface area contributed by atoms with Crippen LogP contribution < -0.4 is 11.5 Å². The second-order valence-corrected chi connectivity index (χ2v) is 2.55. The van der Waals surface area contributed by atoms with Crippen molar-refractivity contribution in [1.29, 1.82) is 0 Å². The molecule has 0 aliphatic heterocycles. The van der Waals surface area contributed by atoms with Gasteiger partial charge < -0.3 is 10.2 Å². The summed E-state index contributed by atoms with van der Waals surface area (Å²) in [6, 6.07) is 5.39. The summed E-state index contributed by atoms with van der Waals surface area (Å²) in [7, 11) is 0. The average Bonchev–Trinajstić information content (AvgIpc) is 2.43. The lowest BCUT2D eigenvalue weighted by molar-refractivity contribution is 0.555. The van der Waals surface area contributed by atoms with E-state index in [0.717, 1.165) is 5.56 Å².